The van der Waals surface area contributed by atoms with E-state index in [1.54, 1.807) is 0 Å². The van der Waals surface area contributed by atoms with Crippen LogP contribution in [0.4, 0.5) is 0 Å². The lowest BCUT2D eigenvalue weighted by molar-refractivity contribution is 0.0358. The minimum absolute atomic E-state index is 0.608. The maximum absolute atomic E-state index is 5.53. The second-order valence-electron chi connectivity index (χ2n) is 4.47. The highest BCUT2D eigenvalue weighted by atomic mass is 16.5. The van der Waals surface area contributed by atoms with Crippen LogP contribution >= 0.6 is 0 Å². The maximum atomic E-state index is 5.53. The second-order valence-corrected chi connectivity index (χ2v) is 4.47. The van der Waals surface area contributed by atoms with Crippen LogP contribution in [0.25, 0.3) is 0 Å². The van der Waals surface area contributed by atoms with Crippen molar-refractivity contribution in [2.45, 2.75) is 39.2 Å². The van der Waals surface area contributed by atoms with Gasteiger partial charge in [0.25, 0.3) is 0 Å². The van der Waals surface area contributed by atoms with Gasteiger partial charge in [-0.1, -0.05) is 13.8 Å². The summed E-state index contributed by atoms with van der Waals surface area (Å²) in [4.78, 5) is 0. The lowest BCUT2D eigenvalue weighted by atomic mass is 10.2. The molecule has 3 nitrogen and oxygen atoms in total. The van der Waals surface area contributed by atoms with Crippen LogP contribution in [0.3, 0.4) is 0 Å². The third kappa shape index (κ3) is 7.77. The molecule has 3 heteroatoms. The Labute approximate surface area is 93.5 Å². The highest BCUT2D eigenvalue weighted by molar-refractivity contribution is 4.81. The molecule has 1 aliphatic rings. The minimum atomic E-state index is 0.608. The summed E-state index contributed by atoms with van der Waals surface area (Å²) in [6, 6.07) is 0.806. The summed E-state index contributed by atoms with van der Waals surface area (Å²) in [7, 11) is 0. The maximum Gasteiger partial charge on any atom is 0.0700 e. The number of hydrogen-bond acceptors (Lipinski definition) is 3. The number of rotatable bonds is 10. The Bertz CT molecular complexity index is 149. The quantitative estimate of drug-likeness (QED) is 0.564. The van der Waals surface area contributed by atoms with Crippen LogP contribution in [0.2, 0.25) is 0 Å². The molecule has 0 heterocycles. The molecule has 1 unspecified atom stereocenters. The van der Waals surface area contributed by atoms with Crippen molar-refractivity contribution < 1.29 is 9.47 Å². The molecule has 0 amide bonds. The third-order valence-electron chi connectivity index (χ3n) is 2.46. The molecule has 90 valence electrons. The predicted molar refractivity (Wildman–Crippen MR) is 62.1 cm³/mol. The Morgan fingerprint density at radius 2 is 1.93 bits per heavy atom. The highest BCUT2D eigenvalue weighted by Gasteiger charge is 2.20. The lowest BCUT2D eigenvalue weighted by Crippen LogP contribution is -2.26. The van der Waals surface area contributed by atoms with E-state index in [0.717, 1.165) is 45.4 Å². The first kappa shape index (κ1) is 12.9. The summed E-state index contributed by atoms with van der Waals surface area (Å²) in [6.45, 7) is 8.58. The van der Waals surface area contributed by atoms with E-state index in [2.05, 4.69) is 19.2 Å². The molecule has 0 aromatic rings. The second kappa shape index (κ2) is 8.08. The van der Waals surface area contributed by atoms with E-state index < -0.39 is 0 Å². The Balaban J connectivity index is 1.77. The van der Waals surface area contributed by atoms with E-state index in [1.807, 2.05) is 0 Å². The summed E-state index contributed by atoms with van der Waals surface area (Å²) in [6.07, 6.45) is 3.80. The molecule has 0 radical (unpaired) electrons. The van der Waals surface area contributed by atoms with Gasteiger partial charge < -0.3 is 14.8 Å². The predicted octanol–water partition coefficient (Wildman–Crippen LogP) is 1.82. The van der Waals surface area contributed by atoms with Gasteiger partial charge in [-0.15, -0.1) is 0 Å². The van der Waals surface area contributed by atoms with Gasteiger partial charge in [0.1, 0.15) is 0 Å². The number of hydrogen-bond donors (Lipinski definition) is 1. The van der Waals surface area contributed by atoms with Crippen molar-refractivity contribution in [2.75, 3.05) is 33.0 Å². The molecule has 0 bridgehead atoms. The molecule has 1 atom stereocenters. The molecule has 0 aromatic heterocycles. The number of nitrogens with one attached hydrogen (secondary N) is 1. The van der Waals surface area contributed by atoms with Crippen LogP contribution in [0.15, 0.2) is 0 Å². The molecule has 0 aromatic carbocycles. The van der Waals surface area contributed by atoms with Crippen molar-refractivity contribution in [1.29, 1.82) is 0 Å². The van der Waals surface area contributed by atoms with E-state index in [-0.39, 0.29) is 0 Å². The summed E-state index contributed by atoms with van der Waals surface area (Å²) in [5.74, 6) is 0.608. The fourth-order valence-corrected chi connectivity index (χ4v) is 1.36. The molecule has 1 rings (SSSR count). The normalized spacial score (nSPS) is 18.0. The molecule has 15 heavy (non-hydrogen) atoms. The molecule has 1 aliphatic carbocycles. The Morgan fingerprint density at radius 3 is 2.60 bits per heavy atom. The number of ether oxygens (including phenoxy) is 2. The average molecular weight is 215 g/mol. The van der Waals surface area contributed by atoms with Gasteiger partial charge in [-0.25, -0.2) is 0 Å². The SMILES string of the molecule is CCCOCCOCC(C)CNC1CC1. The van der Waals surface area contributed by atoms with Gasteiger partial charge in [0, 0.05) is 19.2 Å². The van der Waals surface area contributed by atoms with Crippen molar-refractivity contribution in [3.05, 3.63) is 0 Å². The average Bonchev–Trinajstić information content (AvgIpc) is 3.04. The summed E-state index contributed by atoms with van der Waals surface area (Å²) in [5, 5.41) is 3.51. The van der Waals surface area contributed by atoms with Crippen LogP contribution in [-0.4, -0.2) is 39.0 Å². The van der Waals surface area contributed by atoms with E-state index in [1.165, 1.54) is 12.8 Å². The van der Waals surface area contributed by atoms with Gasteiger partial charge in [-0.2, -0.15) is 0 Å². The largest absolute Gasteiger partial charge is 0.379 e. The van der Waals surface area contributed by atoms with Gasteiger partial charge in [-0.05, 0) is 25.2 Å². The van der Waals surface area contributed by atoms with Crippen LogP contribution in [0.5, 0.6) is 0 Å². The van der Waals surface area contributed by atoms with E-state index in [9.17, 15) is 0 Å². The van der Waals surface area contributed by atoms with Crippen LogP contribution in [0, 0.1) is 5.92 Å². The molecule has 0 aliphatic heterocycles. The standard InChI is InChI=1S/C12H25NO2/c1-3-6-14-7-8-15-10-11(2)9-13-12-4-5-12/h11-13H,3-10H2,1-2H3. The van der Waals surface area contributed by atoms with Crippen molar-refractivity contribution in [3.63, 3.8) is 0 Å². The van der Waals surface area contributed by atoms with Gasteiger partial charge in [0.2, 0.25) is 0 Å². The molecule has 1 fully saturated rings. The minimum Gasteiger partial charge on any atom is -0.379 e. The van der Waals surface area contributed by atoms with E-state index >= 15 is 0 Å². The monoisotopic (exact) mass is 215 g/mol. The van der Waals surface area contributed by atoms with E-state index in [0.29, 0.717) is 5.92 Å². The Morgan fingerprint density at radius 1 is 1.20 bits per heavy atom. The zero-order valence-electron chi connectivity index (χ0n) is 10.1. The molecular formula is C12H25NO2. The first-order valence-corrected chi connectivity index (χ1v) is 6.21. The van der Waals surface area contributed by atoms with Crippen molar-refractivity contribution >= 4 is 0 Å². The fraction of sp³-hybridized carbons (Fsp3) is 1.00. The van der Waals surface area contributed by atoms with Crippen molar-refractivity contribution in [2.24, 2.45) is 5.92 Å². The van der Waals surface area contributed by atoms with Crippen LogP contribution in [-0.2, 0) is 9.47 Å². The van der Waals surface area contributed by atoms with Crippen LogP contribution in [0.1, 0.15) is 33.1 Å². The molecule has 0 saturated heterocycles. The zero-order valence-corrected chi connectivity index (χ0v) is 10.1. The molecular weight excluding hydrogens is 190 g/mol. The highest BCUT2D eigenvalue weighted by Crippen LogP contribution is 2.18. The van der Waals surface area contributed by atoms with Gasteiger partial charge in [-0.3, -0.25) is 0 Å². The van der Waals surface area contributed by atoms with Crippen LogP contribution < -0.4 is 5.32 Å². The zero-order chi connectivity index (χ0) is 10.9. The van der Waals surface area contributed by atoms with Gasteiger partial charge in [0.05, 0.1) is 19.8 Å². The van der Waals surface area contributed by atoms with Gasteiger partial charge >= 0.3 is 0 Å². The van der Waals surface area contributed by atoms with E-state index in [4.69, 9.17) is 9.47 Å². The topological polar surface area (TPSA) is 30.5 Å². The summed E-state index contributed by atoms with van der Waals surface area (Å²) >= 11 is 0. The first-order valence-electron chi connectivity index (χ1n) is 6.21. The van der Waals surface area contributed by atoms with Gasteiger partial charge in [0.15, 0.2) is 0 Å². The van der Waals surface area contributed by atoms with Crippen molar-refractivity contribution in [1.82, 2.24) is 5.32 Å². The molecule has 0 spiro atoms. The summed E-state index contributed by atoms with van der Waals surface area (Å²) < 4.78 is 10.9. The Hall–Kier alpha value is -0.120. The third-order valence-corrected chi connectivity index (χ3v) is 2.46. The lowest BCUT2D eigenvalue weighted by Gasteiger charge is -2.12. The molecule has 1 N–H and O–H groups in total. The fourth-order valence-electron chi connectivity index (χ4n) is 1.36. The summed E-state index contributed by atoms with van der Waals surface area (Å²) in [5.41, 5.74) is 0. The smallest absolute Gasteiger partial charge is 0.0700 e. The Kier molecular flexibility index (Phi) is 6.98. The first-order chi connectivity index (χ1) is 7.33. The van der Waals surface area contributed by atoms with Crippen molar-refractivity contribution in [3.8, 4) is 0 Å². The molecule has 1 saturated carbocycles.